The van der Waals surface area contributed by atoms with Crippen molar-refractivity contribution >= 4 is 29.9 Å². The van der Waals surface area contributed by atoms with Crippen LogP contribution in [0.4, 0.5) is 0 Å². The number of carbonyl (C=O) groups is 1. The Labute approximate surface area is 143 Å². The molecular formula is C17H24Cl2N2O. The van der Waals surface area contributed by atoms with Crippen molar-refractivity contribution < 1.29 is 4.79 Å². The van der Waals surface area contributed by atoms with Crippen LogP contribution in [0.15, 0.2) is 24.3 Å². The molecule has 122 valence electrons. The van der Waals surface area contributed by atoms with E-state index in [0.717, 1.165) is 29.8 Å². The van der Waals surface area contributed by atoms with Gasteiger partial charge in [0, 0.05) is 17.5 Å². The van der Waals surface area contributed by atoms with Crippen LogP contribution in [0.25, 0.3) is 0 Å². The summed E-state index contributed by atoms with van der Waals surface area (Å²) >= 11 is 5.95. The monoisotopic (exact) mass is 342 g/mol. The van der Waals surface area contributed by atoms with Gasteiger partial charge in [0.1, 0.15) is 0 Å². The predicted molar refractivity (Wildman–Crippen MR) is 92.2 cm³/mol. The van der Waals surface area contributed by atoms with Crippen LogP contribution in [0.3, 0.4) is 0 Å². The summed E-state index contributed by atoms with van der Waals surface area (Å²) in [4.78, 5) is 12.3. The molecule has 0 aliphatic heterocycles. The van der Waals surface area contributed by atoms with E-state index >= 15 is 0 Å². The van der Waals surface area contributed by atoms with Gasteiger partial charge in [-0.1, -0.05) is 30.2 Å². The van der Waals surface area contributed by atoms with Gasteiger partial charge in [0.15, 0.2) is 0 Å². The van der Waals surface area contributed by atoms with E-state index in [4.69, 9.17) is 17.3 Å². The van der Waals surface area contributed by atoms with Crippen LogP contribution in [0.2, 0.25) is 5.02 Å². The molecule has 0 saturated heterocycles. The molecule has 2 saturated carbocycles. The fraction of sp³-hybridized carbons (Fsp3) is 0.588. The number of hydrogen-bond donors (Lipinski definition) is 2. The lowest BCUT2D eigenvalue weighted by atomic mass is 9.98. The quantitative estimate of drug-likeness (QED) is 0.853. The highest BCUT2D eigenvalue weighted by molar-refractivity contribution is 6.30. The number of nitrogens with one attached hydrogen (secondary N) is 1. The van der Waals surface area contributed by atoms with Crippen LogP contribution in [0.1, 0.15) is 50.1 Å². The predicted octanol–water partition coefficient (Wildman–Crippen LogP) is 3.85. The van der Waals surface area contributed by atoms with Gasteiger partial charge in [0.2, 0.25) is 5.91 Å². The second-order valence-corrected chi connectivity index (χ2v) is 6.93. The molecule has 2 aliphatic rings. The molecule has 0 radical (unpaired) electrons. The number of halogens is 2. The number of amides is 1. The summed E-state index contributed by atoms with van der Waals surface area (Å²) in [7, 11) is 0. The molecule has 1 amide bonds. The number of nitrogens with two attached hydrogens (primary N) is 1. The topological polar surface area (TPSA) is 55.1 Å². The van der Waals surface area contributed by atoms with Crippen molar-refractivity contribution in [3.63, 3.8) is 0 Å². The maximum absolute atomic E-state index is 12.3. The molecule has 3 atom stereocenters. The smallest absolute Gasteiger partial charge is 0.220 e. The molecule has 3 N–H and O–H groups in total. The highest BCUT2D eigenvalue weighted by Gasteiger charge is 2.34. The summed E-state index contributed by atoms with van der Waals surface area (Å²) < 4.78 is 0. The Hall–Kier alpha value is -0.770. The Balaban J connectivity index is 0.00000176. The molecule has 2 aliphatic carbocycles. The Bertz CT molecular complexity index is 502. The SMILES string of the molecule is Cl.N[C@@H]1CCC[C@H]1CC(=O)NC(c1ccc(Cl)cc1)C1CC1. The van der Waals surface area contributed by atoms with Crippen molar-refractivity contribution in [2.45, 2.75) is 50.6 Å². The molecule has 1 unspecified atom stereocenters. The highest BCUT2D eigenvalue weighted by Crippen LogP contribution is 2.41. The fourth-order valence-corrected chi connectivity index (χ4v) is 3.49. The van der Waals surface area contributed by atoms with Gasteiger partial charge in [0.05, 0.1) is 6.04 Å². The summed E-state index contributed by atoms with van der Waals surface area (Å²) in [5.41, 5.74) is 7.22. The van der Waals surface area contributed by atoms with Crippen molar-refractivity contribution in [3.05, 3.63) is 34.9 Å². The van der Waals surface area contributed by atoms with E-state index in [2.05, 4.69) is 5.32 Å². The second-order valence-electron chi connectivity index (χ2n) is 6.49. The molecule has 1 aromatic rings. The van der Waals surface area contributed by atoms with Crippen molar-refractivity contribution in [1.29, 1.82) is 0 Å². The van der Waals surface area contributed by atoms with Crippen LogP contribution in [-0.2, 0) is 4.79 Å². The molecule has 0 aromatic heterocycles. The summed E-state index contributed by atoms with van der Waals surface area (Å²) in [6.45, 7) is 0. The van der Waals surface area contributed by atoms with E-state index in [9.17, 15) is 4.79 Å². The standard InChI is InChI=1S/C17H23ClN2O.ClH/c18-14-8-6-12(7-9-14)17(11-4-5-11)20-16(21)10-13-2-1-3-15(13)19;/h6-9,11,13,15,17H,1-5,10,19H2,(H,20,21);1H/t13-,15+,17?;/m0./s1. The molecule has 1 aromatic carbocycles. The number of carbonyl (C=O) groups excluding carboxylic acids is 1. The zero-order valence-electron chi connectivity index (χ0n) is 12.6. The zero-order chi connectivity index (χ0) is 14.8. The molecule has 3 nitrogen and oxygen atoms in total. The fourth-order valence-electron chi connectivity index (χ4n) is 3.36. The van der Waals surface area contributed by atoms with E-state index < -0.39 is 0 Å². The lowest BCUT2D eigenvalue weighted by molar-refractivity contribution is -0.123. The normalized spacial score (nSPS) is 25.4. The first-order valence-corrected chi connectivity index (χ1v) is 8.31. The maximum Gasteiger partial charge on any atom is 0.220 e. The van der Waals surface area contributed by atoms with Crippen LogP contribution < -0.4 is 11.1 Å². The Morgan fingerprint density at radius 3 is 2.45 bits per heavy atom. The Morgan fingerprint density at radius 2 is 1.91 bits per heavy atom. The first-order valence-electron chi connectivity index (χ1n) is 7.94. The van der Waals surface area contributed by atoms with Crippen molar-refractivity contribution in [2.75, 3.05) is 0 Å². The number of rotatable bonds is 5. The van der Waals surface area contributed by atoms with Gasteiger partial charge in [-0.3, -0.25) is 4.79 Å². The average Bonchev–Trinajstić information content (AvgIpc) is 3.23. The van der Waals surface area contributed by atoms with Crippen LogP contribution in [0.5, 0.6) is 0 Å². The van der Waals surface area contributed by atoms with Gasteiger partial charge in [-0.25, -0.2) is 0 Å². The van der Waals surface area contributed by atoms with E-state index in [-0.39, 0.29) is 30.4 Å². The maximum atomic E-state index is 12.3. The number of hydrogen-bond acceptors (Lipinski definition) is 2. The minimum absolute atomic E-state index is 0. The van der Waals surface area contributed by atoms with Crippen molar-refractivity contribution in [1.82, 2.24) is 5.32 Å². The minimum Gasteiger partial charge on any atom is -0.349 e. The molecule has 0 heterocycles. The summed E-state index contributed by atoms with van der Waals surface area (Å²) in [6, 6.07) is 8.16. The highest BCUT2D eigenvalue weighted by atomic mass is 35.5. The third-order valence-corrected chi connectivity index (χ3v) is 5.06. The molecular weight excluding hydrogens is 319 g/mol. The Kier molecular flexibility index (Phi) is 6.13. The summed E-state index contributed by atoms with van der Waals surface area (Å²) in [5, 5.41) is 3.96. The molecule has 22 heavy (non-hydrogen) atoms. The Morgan fingerprint density at radius 1 is 1.23 bits per heavy atom. The molecule has 2 fully saturated rings. The number of benzene rings is 1. The first kappa shape index (κ1) is 17.6. The average molecular weight is 343 g/mol. The van der Waals surface area contributed by atoms with E-state index in [1.807, 2.05) is 24.3 Å². The largest absolute Gasteiger partial charge is 0.349 e. The summed E-state index contributed by atoms with van der Waals surface area (Å²) in [6.07, 6.45) is 6.25. The molecule has 3 rings (SSSR count). The summed E-state index contributed by atoms with van der Waals surface area (Å²) in [5.74, 6) is 1.08. The van der Waals surface area contributed by atoms with Crippen LogP contribution >= 0.6 is 24.0 Å². The van der Waals surface area contributed by atoms with Gasteiger partial charge in [0.25, 0.3) is 0 Å². The third kappa shape index (κ3) is 4.37. The van der Waals surface area contributed by atoms with Crippen molar-refractivity contribution in [2.24, 2.45) is 17.6 Å². The van der Waals surface area contributed by atoms with Gasteiger partial charge in [-0.05, 0) is 55.2 Å². The molecule has 0 bridgehead atoms. The minimum atomic E-state index is 0. The van der Waals surface area contributed by atoms with Crippen LogP contribution in [0, 0.1) is 11.8 Å². The van der Waals surface area contributed by atoms with Gasteiger partial charge in [-0.15, -0.1) is 12.4 Å². The van der Waals surface area contributed by atoms with Gasteiger partial charge < -0.3 is 11.1 Å². The van der Waals surface area contributed by atoms with E-state index in [1.54, 1.807) is 0 Å². The lowest BCUT2D eigenvalue weighted by Gasteiger charge is -2.21. The first-order chi connectivity index (χ1) is 10.1. The van der Waals surface area contributed by atoms with E-state index in [0.29, 0.717) is 18.3 Å². The van der Waals surface area contributed by atoms with Gasteiger partial charge >= 0.3 is 0 Å². The van der Waals surface area contributed by atoms with Crippen LogP contribution in [-0.4, -0.2) is 11.9 Å². The zero-order valence-corrected chi connectivity index (χ0v) is 14.2. The lowest BCUT2D eigenvalue weighted by Crippen LogP contribution is -2.34. The molecule has 0 spiro atoms. The van der Waals surface area contributed by atoms with Crippen molar-refractivity contribution in [3.8, 4) is 0 Å². The molecule has 5 heteroatoms. The van der Waals surface area contributed by atoms with Gasteiger partial charge in [-0.2, -0.15) is 0 Å². The van der Waals surface area contributed by atoms with E-state index in [1.165, 1.54) is 12.8 Å². The third-order valence-electron chi connectivity index (χ3n) is 4.80. The second kappa shape index (κ2) is 7.67.